The number of fused-ring (bicyclic) bond motifs is 4. The molecule has 1 atom stereocenters. The van der Waals surface area contributed by atoms with Gasteiger partial charge in [0, 0.05) is 29.9 Å². The van der Waals surface area contributed by atoms with Gasteiger partial charge in [0.1, 0.15) is 5.75 Å². The van der Waals surface area contributed by atoms with Crippen molar-refractivity contribution in [2.24, 2.45) is 5.10 Å². The van der Waals surface area contributed by atoms with E-state index in [4.69, 9.17) is 9.84 Å². The Morgan fingerprint density at radius 2 is 1.92 bits per heavy atom. The SMILES string of the molecule is CC[NH+]1CCC2(CC1)Oc1ccccc1[C@H]1CC(c3ccncc3)=NN12. The highest BCUT2D eigenvalue weighted by Crippen LogP contribution is 2.48. The van der Waals surface area contributed by atoms with Crippen molar-refractivity contribution >= 4 is 5.71 Å². The zero-order chi connectivity index (χ0) is 17.6. The molecule has 0 bridgehead atoms. The molecule has 1 aromatic heterocycles. The third-order valence-electron chi connectivity index (χ3n) is 6.16. The fourth-order valence-corrected chi connectivity index (χ4v) is 4.63. The van der Waals surface area contributed by atoms with Gasteiger partial charge in [0.2, 0.25) is 5.72 Å². The average molecular weight is 349 g/mol. The van der Waals surface area contributed by atoms with Crippen LogP contribution in [0.2, 0.25) is 0 Å². The van der Waals surface area contributed by atoms with Gasteiger partial charge in [0.05, 0.1) is 44.2 Å². The molecular weight excluding hydrogens is 324 g/mol. The Hall–Kier alpha value is -2.40. The largest absolute Gasteiger partial charge is 0.466 e. The number of piperidine rings is 1. The van der Waals surface area contributed by atoms with Gasteiger partial charge in [-0.25, -0.2) is 5.01 Å². The molecule has 1 N–H and O–H groups in total. The lowest BCUT2D eigenvalue weighted by atomic mass is 9.91. The highest BCUT2D eigenvalue weighted by atomic mass is 16.5. The van der Waals surface area contributed by atoms with E-state index in [0.717, 1.165) is 43.8 Å². The van der Waals surface area contributed by atoms with Crippen molar-refractivity contribution in [3.63, 3.8) is 0 Å². The summed E-state index contributed by atoms with van der Waals surface area (Å²) < 4.78 is 6.64. The van der Waals surface area contributed by atoms with Gasteiger partial charge in [0.15, 0.2) is 0 Å². The lowest BCUT2D eigenvalue weighted by Crippen LogP contribution is -3.13. The maximum Gasteiger partial charge on any atom is 0.208 e. The van der Waals surface area contributed by atoms with Gasteiger partial charge in [-0.2, -0.15) is 5.10 Å². The van der Waals surface area contributed by atoms with Crippen LogP contribution in [0.25, 0.3) is 0 Å². The Balaban J connectivity index is 1.55. The second-order valence-corrected chi connectivity index (χ2v) is 7.54. The molecule has 5 heteroatoms. The van der Waals surface area contributed by atoms with E-state index in [9.17, 15) is 0 Å². The van der Waals surface area contributed by atoms with Crippen molar-refractivity contribution in [3.8, 4) is 5.75 Å². The minimum absolute atomic E-state index is 0.270. The molecule has 1 aromatic carbocycles. The summed E-state index contributed by atoms with van der Waals surface area (Å²) in [6, 6.07) is 12.9. The van der Waals surface area contributed by atoms with E-state index in [1.165, 1.54) is 17.7 Å². The summed E-state index contributed by atoms with van der Waals surface area (Å²) >= 11 is 0. The molecule has 3 aliphatic heterocycles. The summed E-state index contributed by atoms with van der Waals surface area (Å²) in [6.45, 7) is 5.73. The minimum atomic E-state index is -0.299. The molecule has 1 saturated heterocycles. The number of hydrazone groups is 1. The van der Waals surface area contributed by atoms with E-state index in [-0.39, 0.29) is 11.8 Å². The van der Waals surface area contributed by atoms with E-state index < -0.39 is 0 Å². The highest BCUT2D eigenvalue weighted by molar-refractivity contribution is 6.01. The zero-order valence-electron chi connectivity index (χ0n) is 15.2. The molecule has 5 rings (SSSR count). The second-order valence-electron chi connectivity index (χ2n) is 7.54. The number of benzene rings is 1. The predicted octanol–water partition coefficient (Wildman–Crippen LogP) is 2.02. The Labute approximate surface area is 154 Å². The molecular formula is C21H25N4O+. The maximum atomic E-state index is 6.64. The molecule has 26 heavy (non-hydrogen) atoms. The fourth-order valence-electron chi connectivity index (χ4n) is 4.63. The maximum absolute atomic E-state index is 6.64. The summed E-state index contributed by atoms with van der Waals surface area (Å²) in [5.74, 6) is 1.04. The monoisotopic (exact) mass is 349 g/mol. The number of pyridine rings is 1. The van der Waals surface area contributed by atoms with Gasteiger partial charge in [-0.1, -0.05) is 18.2 Å². The predicted molar refractivity (Wildman–Crippen MR) is 100 cm³/mol. The topological polar surface area (TPSA) is 42.2 Å². The van der Waals surface area contributed by atoms with Crippen LogP contribution in [0, 0.1) is 0 Å². The number of nitrogens with zero attached hydrogens (tertiary/aromatic N) is 3. The van der Waals surface area contributed by atoms with Crippen LogP contribution in [-0.4, -0.2) is 41.1 Å². The highest BCUT2D eigenvalue weighted by Gasteiger charge is 2.52. The molecule has 4 heterocycles. The Morgan fingerprint density at radius 1 is 1.15 bits per heavy atom. The van der Waals surface area contributed by atoms with Crippen LogP contribution in [-0.2, 0) is 0 Å². The molecule has 1 spiro atoms. The number of quaternary nitrogens is 1. The first-order chi connectivity index (χ1) is 12.8. The van der Waals surface area contributed by atoms with Crippen LogP contribution in [0.5, 0.6) is 5.75 Å². The second kappa shape index (κ2) is 6.09. The molecule has 0 saturated carbocycles. The Bertz CT molecular complexity index is 827. The van der Waals surface area contributed by atoms with Crippen molar-refractivity contribution in [3.05, 3.63) is 59.9 Å². The van der Waals surface area contributed by atoms with Crippen LogP contribution < -0.4 is 9.64 Å². The van der Waals surface area contributed by atoms with E-state index in [0.29, 0.717) is 0 Å². The smallest absolute Gasteiger partial charge is 0.208 e. The van der Waals surface area contributed by atoms with Crippen LogP contribution in [0.4, 0.5) is 0 Å². The first-order valence-electron chi connectivity index (χ1n) is 9.68. The number of likely N-dealkylation sites (tertiary alicyclic amines) is 1. The lowest BCUT2D eigenvalue weighted by Gasteiger charge is -2.50. The van der Waals surface area contributed by atoms with Crippen LogP contribution in [0.15, 0.2) is 53.9 Å². The van der Waals surface area contributed by atoms with Crippen molar-refractivity contribution in [2.75, 3.05) is 19.6 Å². The molecule has 0 unspecified atom stereocenters. The van der Waals surface area contributed by atoms with E-state index in [1.807, 2.05) is 12.4 Å². The van der Waals surface area contributed by atoms with Crippen molar-refractivity contribution in [1.82, 2.24) is 9.99 Å². The first-order valence-corrected chi connectivity index (χ1v) is 9.68. The standard InChI is InChI=1S/C21H24N4O/c1-2-24-13-9-21(10-14-24)25-19(17-5-3-4-6-20(17)26-21)15-18(23-25)16-7-11-22-12-8-16/h3-8,11-12,19H,2,9-10,13-15H2,1H3/p+1/t19-/m1/s1. The summed E-state index contributed by atoms with van der Waals surface area (Å²) in [5.41, 5.74) is 3.27. The lowest BCUT2D eigenvalue weighted by molar-refractivity contribution is -0.906. The van der Waals surface area contributed by atoms with Crippen molar-refractivity contribution in [1.29, 1.82) is 0 Å². The molecule has 3 aliphatic rings. The summed E-state index contributed by atoms with van der Waals surface area (Å²) in [5, 5.41) is 7.38. The van der Waals surface area contributed by atoms with Crippen LogP contribution in [0.3, 0.4) is 0 Å². The van der Waals surface area contributed by atoms with Crippen LogP contribution in [0.1, 0.15) is 43.4 Å². The number of para-hydroxylation sites is 1. The number of ether oxygens (including phenoxy) is 1. The summed E-state index contributed by atoms with van der Waals surface area (Å²) in [7, 11) is 0. The van der Waals surface area contributed by atoms with Gasteiger partial charge in [-0.05, 0) is 25.1 Å². The number of nitrogens with one attached hydrogen (secondary N) is 1. The van der Waals surface area contributed by atoms with E-state index in [2.05, 4.69) is 53.3 Å². The Morgan fingerprint density at radius 3 is 2.69 bits per heavy atom. The average Bonchev–Trinajstić information content (AvgIpc) is 3.16. The molecule has 5 nitrogen and oxygen atoms in total. The molecule has 0 aliphatic carbocycles. The third-order valence-corrected chi connectivity index (χ3v) is 6.16. The minimum Gasteiger partial charge on any atom is -0.466 e. The fraction of sp³-hybridized carbons (Fsp3) is 0.429. The molecule has 0 amide bonds. The third kappa shape index (κ3) is 2.42. The van der Waals surface area contributed by atoms with Gasteiger partial charge in [-0.3, -0.25) is 4.98 Å². The van der Waals surface area contributed by atoms with Gasteiger partial charge < -0.3 is 9.64 Å². The molecule has 134 valence electrons. The number of hydrogen-bond acceptors (Lipinski definition) is 4. The molecule has 2 aromatic rings. The first kappa shape index (κ1) is 15.8. The van der Waals surface area contributed by atoms with Crippen molar-refractivity contribution < 1.29 is 9.64 Å². The summed E-state index contributed by atoms with van der Waals surface area (Å²) in [6.07, 6.45) is 6.66. The van der Waals surface area contributed by atoms with Crippen molar-refractivity contribution in [2.45, 2.75) is 38.0 Å². The normalized spacial score (nSPS) is 29.7. The van der Waals surface area contributed by atoms with Crippen LogP contribution >= 0.6 is 0 Å². The zero-order valence-corrected chi connectivity index (χ0v) is 15.2. The van der Waals surface area contributed by atoms with Gasteiger partial charge in [-0.15, -0.1) is 0 Å². The number of rotatable bonds is 2. The van der Waals surface area contributed by atoms with Gasteiger partial charge >= 0.3 is 0 Å². The number of aromatic nitrogens is 1. The molecule has 0 radical (unpaired) electrons. The van der Waals surface area contributed by atoms with E-state index in [1.54, 1.807) is 4.90 Å². The Kier molecular flexibility index (Phi) is 3.71. The number of hydrogen-bond donors (Lipinski definition) is 1. The van der Waals surface area contributed by atoms with Gasteiger partial charge in [0.25, 0.3) is 0 Å². The molecule has 1 fully saturated rings. The quantitative estimate of drug-likeness (QED) is 0.902. The summed E-state index contributed by atoms with van der Waals surface area (Å²) in [4.78, 5) is 5.81. The van der Waals surface area contributed by atoms with E-state index >= 15 is 0 Å².